The van der Waals surface area contributed by atoms with Crippen molar-refractivity contribution >= 4 is 5.91 Å². The predicted molar refractivity (Wildman–Crippen MR) is 77.3 cm³/mol. The van der Waals surface area contributed by atoms with Crippen molar-refractivity contribution in [1.29, 1.82) is 0 Å². The van der Waals surface area contributed by atoms with Crippen LogP contribution in [-0.2, 0) is 4.79 Å². The molecule has 0 heterocycles. The Labute approximate surface area is 112 Å². The number of carbonyl (C=O) groups is 1. The van der Waals surface area contributed by atoms with E-state index in [1.54, 1.807) is 0 Å². The maximum absolute atomic E-state index is 11.5. The zero-order valence-corrected chi connectivity index (χ0v) is 12.6. The molecule has 1 atom stereocenters. The molecule has 0 rings (SSSR count). The van der Waals surface area contributed by atoms with Crippen LogP contribution in [0.3, 0.4) is 0 Å². The van der Waals surface area contributed by atoms with E-state index in [0.717, 1.165) is 6.54 Å². The molecule has 0 spiro atoms. The van der Waals surface area contributed by atoms with Crippen LogP contribution in [-0.4, -0.2) is 31.6 Å². The smallest absolute Gasteiger partial charge is 0.221 e. The molecule has 4 heteroatoms. The van der Waals surface area contributed by atoms with Gasteiger partial charge in [-0.3, -0.25) is 4.79 Å². The lowest BCUT2D eigenvalue weighted by Crippen LogP contribution is -2.44. The van der Waals surface area contributed by atoms with Crippen molar-refractivity contribution in [3.8, 4) is 0 Å². The van der Waals surface area contributed by atoms with Gasteiger partial charge in [-0.25, -0.2) is 0 Å². The van der Waals surface area contributed by atoms with Gasteiger partial charge in [-0.15, -0.1) is 0 Å². The minimum Gasteiger partial charge on any atom is -0.356 e. The first-order valence-corrected chi connectivity index (χ1v) is 7.12. The van der Waals surface area contributed by atoms with Gasteiger partial charge in [0.05, 0.1) is 0 Å². The lowest BCUT2D eigenvalue weighted by atomic mass is 9.85. The largest absolute Gasteiger partial charge is 0.356 e. The Bertz CT molecular complexity index is 221. The van der Waals surface area contributed by atoms with E-state index >= 15 is 0 Å². The average Bonchev–Trinajstić information content (AvgIpc) is 2.27. The molecule has 1 amide bonds. The molecule has 18 heavy (non-hydrogen) atoms. The van der Waals surface area contributed by atoms with Crippen LogP contribution in [0.5, 0.6) is 0 Å². The minimum absolute atomic E-state index is 0.0751. The van der Waals surface area contributed by atoms with E-state index in [2.05, 4.69) is 38.3 Å². The predicted octanol–water partition coefficient (Wildman–Crippen LogP) is 1.36. The zero-order chi connectivity index (χ0) is 14.1. The molecule has 0 aliphatic carbocycles. The Morgan fingerprint density at radius 1 is 1.17 bits per heavy atom. The summed E-state index contributed by atoms with van der Waals surface area (Å²) in [5.74, 6) is 1.97. The number of hydrogen-bond acceptors (Lipinski definition) is 3. The molecule has 0 aromatic carbocycles. The Balaban J connectivity index is 4.16. The second-order valence-corrected chi connectivity index (χ2v) is 5.65. The summed E-state index contributed by atoms with van der Waals surface area (Å²) in [5.41, 5.74) is 5.71. The van der Waals surface area contributed by atoms with Gasteiger partial charge in [-0.1, -0.05) is 27.7 Å². The topological polar surface area (TPSA) is 67.2 Å². The summed E-state index contributed by atoms with van der Waals surface area (Å²) in [6.07, 6.45) is 0.466. The number of carbonyl (C=O) groups excluding carboxylic acids is 1. The Hall–Kier alpha value is -0.610. The second kappa shape index (κ2) is 9.34. The van der Waals surface area contributed by atoms with Crippen LogP contribution >= 0.6 is 0 Å². The summed E-state index contributed by atoms with van der Waals surface area (Å²) < 4.78 is 0. The first-order valence-electron chi connectivity index (χ1n) is 7.12. The Kier molecular flexibility index (Phi) is 9.02. The highest BCUT2D eigenvalue weighted by Gasteiger charge is 2.19. The van der Waals surface area contributed by atoms with Crippen molar-refractivity contribution in [3.05, 3.63) is 0 Å². The van der Waals surface area contributed by atoms with E-state index in [0.29, 0.717) is 37.3 Å². The van der Waals surface area contributed by atoms with Crippen LogP contribution in [0, 0.1) is 17.8 Å². The molecule has 4 nitrogen and oxygen atoms in total. The van der Waals surface area contributed by atoms with Crippen LogP contribution in [0.25, 0.3) is 0 Å². The summed E-state index contributed by atoms with van der Waals surface area (Å²) in [5, 5.41) is 6.24. The summed E-state index contributed by atoms with van der Waals surface area (Å²) in [6.45, 7) is 13.0. The molecule has 0 fully saturated rings. The van der Waals surface area contributed by atoms with Gasteiger partial charge < -0.3 is 16.4 Å². The monoisotopic (exact) mass is 257 g/mol. The van der Waals surface area contributed by atoms with Gasteiger partial charge in [0.15, 0.2) is 0 Å². The Morgan fingerprint density at radius 3 is 2.11 bits per heavy atom. The van der Waals surface area contributed by atoms with Gasteiger partial charge in [0.1, 0.15) is 0 Å². The maximum Gasteiger partial charge on any atom is 0.221 e. The van der Waals surface area contributed by atoms with E-state index in [-0.39, 0.29) is 11.9 Å². The highest BCUT2D eigenvalue weighted by molar-refractivity contribution is 5.76. The fourth-order valence-electron chi connectivity index (χ4n) is 2.28. The van der Waals surface area contributed by atoms with E-state index in [1.807, 2.05) is 6.92 Å². The van der Waals surface area contributed by atoms with Gasteiger partial charge in [0, 0.05) is 25.6 Å². The molecular weight excluding hydrogens is 226 g/mol. The fraction of sp³-hybridized carbons (Fsp3) is 0.929. The van der Waals surface area contributed by atoms with Crippen LogP contribution < -0.4 is 16.4 Å². The highest BCUT2D eigenvalue weighted by Crippen LogP contribution is 2.19. The van der Waals surface area contributed by atoms with Gasteiger partial charge in [-0.05, 0) is 31.2 Å². The minimum atomic E-state index is 0.0751. The summed E-state index contributed by atoms with van der Waals surface area (Å²) in [6, 6.07) is 0.0801. The molecule has 0 aromatic rings. The van der Waals surface area contributed by atoms with Crippen LogP contribution in [0.2, 0.25) is 0 Å². The van der Waals surface area contributed by atoms with Gasteiger partial charge >= 0.3 is 0 Å². The van der Waals surface area contributed by atoms with Crippen LogP contribution in [0.4, 0.5) is 0 Å². The molecule has 108 valence electrons. The zero-order valence-electron chi connectivity index (χ0n) is 12.6. The third kappa shape index (κ3) is 6.97. The molecule has 0 saturated carbocycles. The lowest BCUT2D eigenvalue weighted by molar-refractivity contribution is -0.121. The average molecular weight is 257 g/mol. The van der Waals surface area contributed by atoms with Crippen molar-refractivity contribution < 1.29 is 4.79 Å². The van der Waals surface area contributed by atoms with Crippen molar-refractivity contribution in [2.45, 2.75) is 47.1 Å². The number of hydrogen-bond donors (Lipinski definition) is 3. The molecule has 0 aromatic heterocycles. The molecular formula is C14H31N3O. The number of rotatable bonds is 9. The number of amides is 1. The third-order valence-corrected chi connectivity index (χ3v) is 3.45. The van der Waals surface area contributed by atoms with Crippen molar-refractivity contribution in [3.63, 3.8) is 0 Å². The standard InChI is InChI=1S/C14H31N3O/c1-6-16-14(18)7-12(8-15)17-9-13(10(2)3)11(4)5/h10-13,17H,6-9,15H2,1-5H3,(H,16,18). The van der Waals surface area contributed by atoms with Gasteiger partial charge in [0.25, 0.3) is 0 Å². The molecule has 4 N–H and O–H groups in total. The van der Waals surface area contributed by atoms with Gasteiger partial charge in [0.2, 0.25) is 5.91 Å². The van der Waals surface area contributed by atoms with E-state index in [4.69, 9.17) is 5.73 Å². The van der Waals surface area contributed by atoms with Crippen molar-refractivity contribution in [2.75, 3.05) is 19.6 Å². The summed E-state index contributed by atoms with van der Waals surface area (Å²) >= 11 is 0. The Morgan fingerprint density at radius 2 is 1.72 bits per heavy atom. The van der Waals surface area contributed by atoms with Crippen molar-refractivity contribution in [1.82, 2.24) is 10.6 Å². The lowest BCUT2D eigenvalue weighted by Gasteiger charge is -2.27. The highest BCUT2D eigenvalue weighted by atomic mass is 16.1. The molecule has 0 radical (unpaired) electrons. The number of nitrogens with two attached hydrogens (primary N) is 1. The van der Waals surface area contributed by atoms with Gasteiger partial charge in [-0.2, -0.15) is 0 Å². The maximum atomic E-state index is 11.5. The first kappa shape index (κ1) is 17.4. The molecule has 0 aliphatic rings. The first-order chi connectivity index (χ1) is 8.42. The van der Waals surface area contributed by atoms with E-state index < -0.39 is 0 Å². The van der Waals surface area contributed by atoms with Crippen LogP contribution in [0.15, 0.2) is 0 Å². The SMILES string of the molecule is CCNC(=O)CC(CN)NCC(C(C)C)C(C)C. The third-order valence-electron chi connectivity index (χ3n) is 3.45. The quantitative estimate of drug-likeness (QED) is 0.584. The molecule has 0 aliphatic heterocycles. The van der Waals surface area contributed by atoms with E-state index in [9.17, 15) is 4.79 Å². The van der Waals surface area contributed by atoms with Crippen molar-refractivity contribution in [2.24, 2.45) is 23.5 Å². The van der Waals surface area contributed by atoms with E-state index in [1.165, 1.54) is 0 Å². The van der Waals surface area contributed by atoms with Crippen LogP contribution in [0.1, 0.15) is 41.0 Å². The molecule has 0 saturated heterocycles. The molecule has 0 bridgehead atoms. The summed E-state index contributed by atoms with van der Waals surface area (Å²) in [4.78, 5) is 11.5. The molecule has 1 unspecified atom stereocenters. The summed E-state index contributed by atoms with van der Waals surface area (Å²) in [7, 11) is 0. The number of nitrogens with one attached hydrogen (secondary N) is 2. The fourth-order valence-corrected chi connectivity index (χ4v) is 2.28. The second-order valence-electron chi connectivity index (χ2n) is 5.65. The normalized spacial score (nSPS) is 13.4.